The summed E-state index contributed by atoms with van der Waals surface area (Å²) in [5.41, 5.74) is 2.36. The van der Waals surface area contributed by atoms with Crippen LogP contribution in [0.3, 0.4) is 0 Å². The molecule has 0 bridgehead atoms. The molecule has 1 aliphatic rings. The van der Waals surface area contributed by atoms with Crippen LogP contribution in [0.4, 0.5) is 0 Å². The van der Waals surface area contributed by atoms with Crippen LogP contribution >= 0.6 is 22.7 Å². The zero-order valence-corrected chi connectivity index (χ0v) is 13.1. The third kappa shape index (κ3) is 3.28. The molecule has 1 aliphatic heterocycles. The Hall–Kier alpha value is -0.750. The highest BCUT2D eigenvalue weighted by Crippen LogP contribution is 2.27. The third-order valence-electron chi connectivity index (χ3n) is 3.89. The first kappa shape index (κ1) is 14.2. The predicted octanol–water partition coefficient (Wildman–Crippen LogP) is 3.61. The summed E-state index contributed by atoms with van der Waals surface area (Å²) < 4.78 is 0. The van der Waals surface area contributed by atoms with Crippen molar-refractivity contribution in [2.24, 2.45) is 0 Å². The number of nitrogens with zero attached hydrogens (tertiary/aromatic N) is 2. The largest absolute Gasteiger partial charge is 0.395 e. The highest BCUT2D eigenvalue weighted by atomic mass is 32.1. The Morgan fingerprint density at radius 3 is 3.05 bits per heavy atom. The highest BCUT2D eigenvalue weighted by molar-refractivity contribution is 7.14. The third-order valence-corrected chi connectivity index (χ3v) is 5.52. The molecule has 0 aromatic carbocycles. The summed E-state index contributed by atoms with van der Waals surface area (Å²) >= 11 is 3.43. The lowest BCUT2D eigenvalue weighted by molar-refractivity contribution is 0.117. The van der Waals surface area contributed by atoms with Gasteiger partial charge in [-0.2, -0.15) is 11.3 Å². The molecule has 5 heteroatoms. The van der Waals surface area contributed by atoms with Crippen LogP contribution in [-0.4, -0.2) is 34.2 Å². The van der Waals surface area contributed by atoms with Gasteiger partial charge in [0.25, 0.3) is 0 Å². The molecule has 3 heterocycles. The number of aromatic nitrogens is 1. The first-order valence-corrected chi connectivity index (χ1v) is 9.01. The van der Waals surface area contributed by atoms with E-state index in [1.807, 2.05) is 0 Å². The smallest absolute Gasteiger partial charge is 0.124 e. The van der Waals surface area contributed by atoms with Gasteiger partial charge in [0, 0.05) is 28.9 Å². The van der Waals surface area contributed by atoms with E-state index in [0.29, 0.717) is 6.04 Å². The van der Waals surface area contributed by atoms with Gasteiger partial charge in [0.2, 0.25) is 0 Å². The lowest BCUT2D eigenvalue weighted by Crippen LogP contribution is -2.37. The van der Waals surface area contributed by atoms with E-state index in [9.17, 15) is 5.11 Å². The van der Waals surface area contributed by atoms with Crippen LogP contribution in [0, 0.1) is 0 Å². The molecule has 1 unspecified atom stereocenters. The number of thiazole rings is 1. The first-order chi connectivity index (χ1) is 9.86. The van der Waals surface area contributed by atoms with Gasteiger partial charge in [-0.15, -0.1) is 11.3 Å². The average molecular weight is 308 g/mol. The summed E-state index contributed by atoms with van der Waals surface area (Å²) in [4.78, 5) is 7.15. The van der Waals surface area contributed by atoms with Crippen molar-refractivity contribution in [3.8, 4) is 10.6 Å². The highest BCUT2D eigenvalue weighted by Gasteiger charge is 2.21. The van der Waals surface area contributed by atoms with Crippen molar-refractivity contribution in [3.63, 3.8) is 0 Å². The number of hydrogen-bond acceptors (Lipinski definition) is 5. The number of aliphatic hydroxyl groups is 1. The van der Waals surface area contributed by atoms with E-state index < -0.39 is 0 Å². The molecule has 1 N–H and O–H groups in total. The minimum atomic E-state index is 0.265. The van der Waals surface area contributed by atoms with Gasteiger partial charge in [-0.1, -0.05) is 12.8 Å². The van der Waals surface area contributed by atoms with Gasteiger partial charge in [0.05, 0.1) is 12.3 Å². The lowest BCUT2D eigenvalue weighted by atomic mass is 10.1. The molecular formula is C15H20N2OS2. The number of aliphatic hydroxyl groups excluding tert-OH is 1. The Balaban J connectivity index is 1.70. The molecule has 20 heavy (non-hydrogen) atoms. The number of thiophene rings is 1. The standard InChI is InChI=1S/C15H20N2OS2/c18-9-14-4-2-1-3-6-17(14)8-13-11-20-15(16-13)12-5-7-19-10-12/h5,7,10-11,14,18H,1-4,6,8-9H2. The van der Waals surface area contributed by atoms with Crippen molar-refractivity contribution in [3.05, 3.63) is 27.9 Å². The fraction of sp³-hybridized carbons (Fsp3) is 0.533. The zero-order chi connectivity index (χ0) is 13.8. The maximum Gasteiger partial charge on any atom is 0.124 e. The van der Waals surface area contributed by atoms with Gasteiger partial charge in [0.15, 0.2) is 0 Å². The van der Waals surface area contributed by atoms with Crippen LogP contribution in [0.1, 0.15) is 31.4 Å². The van der Waals surface area contributed by atoms with E-state index in [4.69, 9.17) is 4.98 Å². The SMILES string of the molecule is OCC1CCCCCN1Cc1csc(-c2ccsc2)n1. The molecule has 1 atom stereocenters. The van der Waals surface area contributed by atoms with Gasteiger partial charge in [-0.25, -0.2) is 4.98 Å². The number of rotatable bonds is 4. The Morgan fingerprint density at radius 1 is 1.30 bits per heavy atom. The molecule has 3 rings (SSSR count). The first-order valence-electron chi connectivity index (χ1n) is 7.18. The molecule has 2 aromatic rings. The second kappa shape index (κ2) is 6.80. The fourth-order valence-electron chi connectivity index (χ4n) is 2.76. The number of likely N-dealkylation sites (tertiary alicyclic amines) is 1. The van der Waals surface area contributed by atoms with E-state index in [-0.39, 0.29) is 6.61 Å². The van der Waals surface area contributed by atoms with Crippen LogP contribution in [0.5, 0.6) is 0 Å². The van der Waals surface area contributed by atoms with Gasteiger partial charge >= 0.3 is 0 Å². The molecule has 1 fully saturated rings. The van der Waals surface area contributed by atoms with Crippen molar-refractivity contribution in [1.82, 2.24) is 9.88 Å². The van der Waals surface area contributed by atoms with E-state index in [0.717, 1.165) is 30.2 Å². The van der Waals surface area contributed by atoms with Gasteiger partial charge in [0.1, 0.15) is 5.01 Å². The molecule has 108 valence electrons. The molecular weight excluding hydrogens is 288 g/mol. The van der Waals surface area contributed by atoms with Crippen molar-refractivity contribution in [2.45, 2.75) is 38.3 Å². The molecule has 3 nitrogen and oxygen atoms in total. The molecule has 0 saturated carbocycles. The lowest BCUT2D eigenvalue weighted by Gasteiger charge is -2.27. The number of hydrogen-bond donors (Lipinski definition) is 1. The normalized spacial score (nSPS) is 20.9. The fourth-order valence-corrected chi connectivity index (χ4v) is 4.28. The quantitative estimate of drug-likeness (QED) is 0.937. The Morgan fingerprint density at radius 2 is 2.25 bits per heavy atom. The second-order valence-electron chi connectivity index (χ2n) is 5.31. The summed E-state index contributed by atoms with van der Waals surface area (Å²) in [6.45, 7) is 2.21. The summed E-state index contributed by atoms with van der Waals surface area (Å²) in [5.74, 6) is 0. The molecule has 1 saturated heterocycles. The molecule has 0 amide bonds. The maximum atomic E-state index is 9.56. The maximum absolute atomic E-state index is 9.56. The van der Waals surface area contributed by atoms with Crippen LogP contribution in [0.25, 0.3) is 10.6 Å². The van der Waals surface area contributed by atoms with Crippen LogP contribution in [-0.2, 0) is 6.54 Å². The topological polar surface area (TPSA) is 36.4 Å². The molecule has 2 aromatic heterocycles. The van der Waals surface area contributed by atoms with Crippen molar-refractivity contribution >= 4 is 22.7 Å². The van der Waals surface area contributed by atoms with Gasteiger partial charge in [-0.05, 0) is 30.8 Å². The van der Waals surface area contributed by atoms with E-state index in [2.05, 4.69) is 27.1 Å². The van der Waals surface area contributed by atoms with E-state index in [1.54, 1.807) is 22.7 Å². The summed E-state index contributed by atoms with van der Waals surface area (Å²) in [7, 11) is 0. The Bertz CT molecular complexity index is 524. The average Bonchev–Trinajstić information content (AvgIpc) is 3.08. The van der Waals surface area contributed by atoms with Crippen LogP contribution < -0.4 is 0 Å². The van der Waals surface area contributed by atoms with E-state index in [1.165, 1.54) is 24.8 Å². The van der Waals surface area contributed by atoms with Crippen LogP contribution in [0.2, 0.25) is 0 Å². The monoisotopic (exact) mass is 308 g/mol. The minimum Gasteiger partial charge on any atom is -0.395 e. The molecule has 0 radical (unpaired) electrons. The van der Waals surface area contributed by atoms with Crippen LogP contribution in [0.15, 0.2) is 22.2 Å². The zero-order valence-electron chi connectivity index (χ0n) is 11.5. The molecule has 0 aliphatic carbocycles. The van der Waals surface area contributed by atoms with Crippen molar-refractivity contribution in [2.75, 3.05) is 13.2 Å². The summed E-state index contributed by atoms with van der Waals surface area (Å²) in [6.07, 6.45) is 4.86. The summed E-state index contributed by atoms with van der Waals surface area (Å²) in [5, 5.41) is 17.1. The summed E-state index contributed by atoms with van der Waals surface area (Å²) in [6, 6.07) is 2.43. The predicted molar refractivity (Wildman–Crippen MR) is 85.2 cm³/mol. The Kier molecular flexibility index (Phi) is 4.83. The van der Waals surface area contributed by atoms with E-state index >= 15 is 0 Å². The Labute approximate surface area is 127 Å². The van der Waals surface area contributed by atoms with Crippen molar-refractivity contribution in [1.29, 1.82) is 0 Å². The van der Waals surface area contributed by atoms with Crippen molar-refractivity contribution < 1.29 is 5.11 Å². The van der Waals surface area contributed by atoms with Gasteiger partial charge < -0.3 is 5.11 Å². The minimum absolute atomic E-state index is 0.265. The second-order valence-corrected chi connectivity index (χ2v) is 6.95. The molecule has 0 spiro atoms. The van der Waals surface area contributed by atoms with Gasteiger partial charge in [-0.3, -0.25) is 4.90 Å².